The predicted octanol–water partition coefficient (Wildman–Crippen LogP) is 1.49. The monoisotopic (exact) mass is 346 g/mol. The molecule has 0 saturated carbocycles. The van der Waals surface area contributed by atoms with Gasteiger partial charge < -0.3 is 10.4 Å². The second kappa shape index (κ2) is 6.46. The number of anilines is 1. The summed E-state index contributed by atoms with van der Waals surface area (Å²) in [6.45, 7) is 1.63. The maximum atomic E-state index is 12.1. The lowest BCUT2D eigenvalue weighted by atomic mass is 10.2. The Morgan fingerprint density at radius 2 is 2.12 bits per heavy atom. The lowest BCUT2D eigenvalue weighted by Gasteiger charge is -2.14. The van der Waals surface area contributed by atoms with Crippen LogP contribution >= 0.6 is 11.6 Å². The maximum Gasteiger partial charge on any atom is 0.277 e. The van der Waals surface area contributed by atoms with Crippen molar-refractivity contribution in [1.82, 2.24) is 14.7 Å². The number of β-amino-alcohol motifs (C(OH)–C–C–N with tert-alkyl or cyclic N) is 1. The zero-order chi connectivity index (χ0) is 17.3. The van der Waals surface area contributed by atoms with E-state index in [9.17, 15) is 9.59 Å². The second-order valence-corrected chi connectivity index (χ2v) is 5.74. The summed E-state index contributed by atoms with van der Waals surface area (Å²) in [6, 6.07) is 5.16. The number of hydrogen-bond donors (Lipinski definition) is 2. The molecule has 1 aromatic carbocycles. The highest BCUT2D eigenvalue weighted by molar-refractivity contribution is 6.32. The summed E-state index contributed by atoms with van der Waals surface area (Å²) in [5.74, 6) is -0.928. The van der Waals surface area contributed by atoms with Gasteiger partial charge in [0.1, 0.15) is 5.70 Å². The number of aliphatic hydroxyl groups is 1. The first kappa shape index (κ1) is 16.2. The van der Waals surface area contributed by atoms with E-state index < -0.39 is 11.8 Å². The number of aliphatic hydroxyl groups excluding tert-OH is 1. The molecule has 0 bridgehead atoms. The number of nitrogens with one attached hydrogen (secondary N) is 1. The van der Waals surface area contributed by atoms with Gasteiger partial charge in [0, 0.05) is 18.0 Å². The molecule has 0 unspecified atom stereocenters. The Labute approximate surface area is 143 Å². The molecule has 1 aromatic heterocycles. The zero-order valence-electron chi connectivity index (χ0n) is 12.9. The minimum Gasteiger partial charge on any atom is -0.395 e. The molecule has 2 heterocycles. The summed E-state index contributed by atoms with van der Waals surface area (Å²) in [7, 11) is 0. The molecule has 124 valence electrons. The normalized spacial score (nSPS) is 14.3. The molecule has 2 N–H and O–H groups in total. The van der Waals surface area contributed by atoms with Crippen molar-refractivity contribution >= 4 is 29.1 Å². The quantitative estimate of drug-likeness (QED) is 0.801. The standard InChI is InChI=1S/C16H15ClN4O3/c1-10-8-18-21(9-10)14-3-2-11(6-12(14)17)19-13-7-15(23)20(4-5-22)16(13)24/h2-3,6-9,19,22H,4-5H2,1H3. The van der Waals surface area contributed by atoms with Crippen LogP contribution in [0.1, 0.15) is 5.56 Å². The number of aromatic nitrogens is 2. The van der Waals surface area contributed by atoms with Gasteiger partial charge >= 0.3 is 0 Å². The van der Waals surface area contributed by atoms with Crippen LogP contribution in [0, 0.1) is 6.92 Å². The van der Waals surface area contributed by atoms with Crippen LogP contribution in [0.4, 0.5) is 5.69 Å². The zero-order valence-corrected chi connectivity index (χ0v) is 13.6. The van der Waals surface area contributed by atoms with Crippen molar-refractivity contribution in [2.45, 2.75) is 6.92 Å². The molecule has 1 aliphatic heterocycles. The Morgan fingerprint density at radius 1 is 1.33 bits per heavy atom. The highest BCUT2D eigenvalue weighted by atomic mass is 35.5. The first-order valence-electron chi connectivity index (χ1n) is 7.26. The van der Waals surface area contributed by atoms with Crippen LogP contribution in [0.2, 0.25) is 5.02 Å². The molecule has 0 radical (unpaired) electrons. The molecule has 0 fully saturated rings. The molecule has 1 aliphatic rings. The van der Waals surface area contributed by atoms with Gasteiger partial charge in [0.05, 0.1) is 30.1 Å². The van der Waals surface area contributed by atoms with E-state index in [0.29, 0.717) is 16.4 Å². The number of imide groups is 1. The van der Waals surface area contributed by atoms with Crippen molar-refractivity contribution in [3.8, 4) is 5.69 Å². The van der Waals surface area contributed by atoms with Gasteiger partial charge in [-0.3, -0.25) is 14.5 Å². The van der Waals surface area contributed by atoms with Gasteiger partial charge in [-0.05, 0) is 30.7 Å². The van der Waals surface area contributed by atoms with Crippen LogP contribution in [-0.2, 0) is 9.59 Å². The molecule has 0 aliphatic carbocycles. The van der Waals surface area contributed by atoms with E-state index in [1.54, 1.807) is 29.1 Å². The summed E-state index contributed by atoms with van der Waals surface area (Å²) in [5, 5.41) is 16.4. The lowest BCUT2D eigenvalue weighted by Crippen LogP contribution is -2.34. The third-order valence-corrected chi connectivity index (χ3v) is 3.82. The Balaban J connectivity index is 1.80. The second-order valence-electron chi connectivity index (χ2n) is 5.33. The van der Waals surface area contributed by atoms with Gasteiger partial charge in [-0.1, -0.05) is 11.6 Å². The third-order valence-electron chi connectivity index (χ3n) is 3.52. The van der Waals surface area contributed by atoms with Gasteiger partial charge in [0.15, 0.2) is 0 Å². The lowest BCUT2D eigenvalue weighted by molar-refractivity contribution is -0.137. The highest BCUT2D eigenvalue weighted by Crippen LogP contribution is 2.26. The molecule has 2 aromatic rings. The van der Waals surface area contributed by atoms with Gasteiger partial charge in [0.25, 0.3) is 11.8 Å². The Morgan fingerprint density at radius 3 is 2.75 bits per heavy atom. The van der Waals surface area contributed by atoms with Crippen LogP contribution in [0.15, 0.2) is 42.4 Å². The minimum absolute atomic E-state index is 0.0301. The van der Waals surface area contributed by atoms with E-state index in [2.05, 4.69) is 10.4 Å². The topological polar surface area (TPSA) is 87.5 Å². The SMILES string of the molecule is Cc1cnn(-c2ccc(NC3=CC(=O)N(CCO)C3=O)cc2Cl)c1. The minimum atomic E-state index is -0.475. The number of benzene rings is 1. The smallest absolute Gasteiger partial charge is 0.277 e. The fourth-order valence-electron chi connectivity index (χ4n) is 2.38. The molecule has 8 heteroatoms. The molecular formula is C16H15ClN4O3. The maximum absolute atomic E-state index is 12.1. The van der Waals surface area contributed by atoms with Gasteiger partial charge in [-0.15, -0.1) is 0 Å². The summed E-state index contributed by atoms with van der Waals surface area (Å²) < 4.78 is 1.66. The van der Waals surface area contributed by atoms with Crippen LogP contribution in [0.5, 0.6) is 0 Å². The number of hydrogen-bond acceptors (Lipinski definition) is 5. The number of amides is 2. The molecule has 7 nitrogen and oxygen atoms in total. The van der Waals surface area contributed by atoms with Gasteiger partial charge in [0.2, 0.25) is 0 Å². The number of rotatable bonds is 5. The molecule has 0 saturated heterocycles. The van der Waals surface area contributed by atoms with Gasteiger partial charge in [-0.25, -0.2) is 4.68 Å². The number of aryl methyl sites for hydroxylation is 1. The van der Waals surface area contributed by atoms with Gasteiger partial charge in [-0.2, -0.15) is 5.10 Å². The van der Waals surface area contributed by atoms with Crippen LogP contribution < -0.4 is 5.32 Å². The van der Waals surface area contributed by atoms with Crippen molar-refractivity contribution < 1.29 is 14.7 Å². The van der Waals surface area contributed by atoms with E-state index >= 15 is 0 Å². The average Bonchev–Trinajstić information content (AvgIpc) is 3.07. The largest absolute Gasteiger partial charge is 0.395 e. The summed E-state index contributed by atoms with van der Waals surface area (Å²) in [4.78, 5) is 24.8. The van der Waals surface area contributed by atoms with Crippen molar-refractivity contribution in [2.75, 3.05) is 18.5 Å². The number of carbonyl (C=O) groups is 2. The van der Waals surface area contributed by atoms with E-state index in [4.69, 9.17) is 16.7 Å². The predicted molar refractivity (Wildman–Crippen MR) is 88.8 cm³/mol. The molecule has 24 heavy (non-hydrogen) atoms. The Kier molecular flexibility index (Phi) is 4.37. The summed E-state index contributed by atoms with van der Waals surface area (Å²) in [6.07, 6.45) is 4.78. The number of carbonyl (C=O) groups excluding carboxylic acids is 2. The van der Waals surface area contributed by atoms with E-state index in [0.717, 1.165) is 10.5 Å². The molecule has 3 rings (SSSR count). The summed E-state index contributed by atoms with van der Waals surface area (Å²) >= 11 is 6.29. The average molecular weight is 347 g/mol. The summed E-state index contributed by atoms with van der Waals surface area (Å²) in [5.41, 5.74) is 2.44. The van der Waals surface area contributed by atoms with Crippen LogP contribution in [-0.4, -0.2) is 44.8 Å². The number of nitrogens with zero attached hydrogens (tertiary/aromatic N) is 3. The first-order chi connectivity index (χ1) is 11.5. The van der Waals surface area contributed by atoms with Crippen molar-refractivity contribution in [3.63, 3.8) is 0 Å². The number of halogens is 1. The van der Waals surface area contributed by atoms with Crippen molar-refractivity contribution in [2.24, 2.45) is 0 Å². The van der Waals surface area contributed by atoms with Crippen LogP contribution in [0.25, 0.3) is 5.69 Å². The van der Waals surface area contributed by atoms with E-state index in [1.165, 1.54) is 6.08 Å². The van der Waals surface area contributed by atoms with Crippen molar-refractivity contribution in [1.29, 1.82) is 0 Å². The highest BCUT2D eigenvalue weighted by Gasteiger charge is 2.30. The van der Waals surface area contributed by atoms with Crippen LogP contribution in [0.3, 0.4) is 0 Å². The Bertz CT molecular complexity index is 844. The Hall–Kier alpha value is -2.64. The van der Waals surface area contributed by atoms with E-state index in [-0.39, 0.29) is 18.8 Å². The molecule has 2 amide bonds. The molecule has 0 spiro atoms. The molecule has 0 atom stereocenters. The fraction of sp³-hybridized carbons (Fsp3) is 0.188. The fourth-order valence-corrected chi connectivity index (χ4v) is 2.65. The van der Waals surface area contributed by atoms with E-state index in [1.807, 2.05) is 13.1 Å². The first-order valence-corrected chi connectivity index (χ1v) is 7.64. The van der Waals surface area contributed by atoms with Crippen molar-refractivity contribution in [3.05, 3.63) is 53.0 Å². The third kappa shape index (κ3) is 3.04. The molecular weight excluding hydrogens is 332 g/mol.